The minimum atomic E-state index is -0.387. The summed E-state index contributed by atoms with van der Waals surface area (Å²) in [4.78, 5) is 22.1. The number of carbonyl (C=O) groups is 1. The molecule has 0 aliphatic carbocycles. The zero-order chi connectivity index (χ0) is 20.8. The highest BCUT2D eigenvalue weighted by Gasteiger charge is 2.21. The lowest BCUT2D eigenvalue weighted by atomic mass is 10.3. The molecule has 0 unspecified atom stereocenters. The first-order valence-corrected chi connectivity index (χ1v) is 11.3. The van der Waals surface area contributed by atoms with Gasteiger partial charge in [-0.1, -0.05) is 31.3 Å². The Kier molecular flexibility index (Phi) is 7.57. The van der Waals surface area contributed by atoms with Gasteiger partial charge in [0.05, 0.1) is 10.5 Å². The molecular weight excluding hydrogens is 412 g/mol. The van der Waals surface area contributed by atoms with Gasteiger partial charge in [0, 0.05) is 18.0 Å². The lowest BCUT2D eigenvalue weighted by Crippen LogP contribution is -2.39. The number of nitrogens with zero attached hydrogens (tertiary/aromatic N) is 3. The standard InChI is InChI=1S/C21H23F2N3OS2/c1-3-25(4-2)12-13-26(19(27)14-28-16-10-8-15(22)9-11-16)21-24-20-17(23)6-5-7-18(20)29-21/h5-11H,3-4,12-14H2,1-2H3. The van der Waals surface area contributed by atoms with Crippen molar-refractivity contribution in [2.45, 2.75) is 18.7 Å². The van der Waals surface area contributed by atoms with Crippen LogP contribution >= 0.6 is 23.1 Å². The molecule has 3 rings (SSSR count). The number of fused-ring (bicyclic) bond motifs is 1. The van der Waals surface area contributed by atoms with Crippen LogP contribution in [0.5, 0.6) is 0 Å². The van der Waals surface area contributed by atoms with Gasteiger partial charge in [-0.25, -0.2) is 13.8 Å². The fourth-order valence-corrected chi connectivity index (χ4v) is 4.68. The van der Waals surface area contributed by atoms with Gasteiger partial charge in [-0.2, -0.15) is 0 Å². The highest BCUT2D eigenvalue weighted by Crippen LogP contribution is 2.31. The predicted octanol–water partition coefficient (Wildman–Crippen LogP) is 5.04. The molecule has 1 aromatic heterocycles. The van der Waals surface area contributed by atoms with E-state index in [1.807, 2.05) is 0 Å². The monoisotopic (exact) mass is 435 g/mol. The van der Waals surface area contributed by atoms with Crippen molar-refractivity contribution in [2.24, 2.45) is 0 Å². The number of rotatable bonds is 9. The van der Waals surface area contributed by atoms with Crippen LogP contribution < -0.4 is 4.90 Å². The number of benzene rings is 2. The van der Waals surface area contributed by atoms with Crippen LogP contribution in [0.25, 0.3) is 10.2 Å². The molecule has 8 heteroatoms. The average Bonchev–Trinajstić information content (AvgIpc) is 3.16. The van der Waals surface area contributed by atoms with Crippen molar-refractivity contribution >= 4 is 44.4 Å². The van der Waals surface area contributed by atoms with E-state index in [1.165, 1.54) is 41.3 Å². The Hall–Kier alpha value is -2.03. The van der Waals surface area contributed by atoms with Crippen molar-refractivity contribution in [1.29, 1.82) is 0 Å². The van der Waals surface area contributed by atoms with Gasteiger partial charge in [-0.3, -0.25) is 9.69 Å². The molecule has 154 valence electrons. The zero-order valence-electron chi connectivity index (χ0n) is 16.4. The summed E-state index contributed by atoms with van der Waals surface area (Å²) in [5, 5.41) is 0.502. The molecule has 0 saturated carbocycles. The summed E-state index contributed by atoms with van der Waals surface area (Å²) < 4.78 is 27.9. The summed E-state index contributed by atoms with van der Waals surface area (Å²) in [6, 6.07) is 10.9. The Morgan fingerprint density at radius 3 is 2.45 bits per heavy atom. The molecule has 0 fully saturated rings. The number of aromatic nitrogens is 1. The van der Waals surface area contributed by atoms with Gasteiger partial charge in [-0.15, -0.1) is 11.8 Å². The molecule has 3 aromatic rings. The first-order chi connectivity index (χ1) is 14.0. The van der Waals surface area contributed by atoms with Crippen LogP contribution in [0.4, 0.5) is 13.9 Å². The van der Waals surface area contributed by atoms with E-state index in [-0.39, 0.29) is 23.3 Å². The molecule has 0 spiro atoms. The highest BCUT2D eigenvalue weighted by molar-refractivity contribution is 8.00. The van der Waals surface area contributed by atoms with E-state index in [2.05, 4.69) is 23.7 Å². The van der Waals surface area contributed by atoms with E-state index in [1.54, 1.807) is 29.2 Å². The molecule has 0 radical (unpaired) electrons. The number of hydrogen-bond donors (Lipinski definition) is 0. The molecule has 0 aliphatic rings. The maximum atomic E-state index is 14.1. The summed E-state index contributed by atoms with van der Waals surface area (Å²) in [6.45, 7) is 7.11. The maximum Gasteiger partial charge on any atom is 0.239 e. The second kappa shape index (κ2) is 10.1. The van der Waals surface area contributed by atoms with Crippen LogP contribution in [0.1, 0.15) is 13.8 Å². The largest absolute Gasteiger partial charge is 0.302 e. The number of thiazole rings is 1. The van der Waals surface area contributed by atoms with Crippen molar-refractivity contribution in [3.63, 3.8) is 0 Å². The van der Waals surface area contributed by atoms with Gasteiger partial charge >= 0.3 is 0 Å². The fraction of sp³-hybridized carbons (Fsp3) is 0.333. The smallest absolute Gasteiger partial charge is 0.239 e. The molecular formula is C21H23F2N3OS2. The van der Waals surface area contributed by atoms with Crippen LogP contribution in [0.2, 0.25) is 0 Å². The van der Waals surface area contributed by atoms with Gasteiger partial charge < -0.3 is 4.90 Å². The summed E-state index contributed by atoms with van der Waals surface area (Å²) >= 11 is 2.66. The molecule has 2 aromatic carbocycles. The van der Waals surface area contributed by atoms with Gasteiger partial charge in [0.25, 0.3) is 0 Å². The van der Waals surface area contributed by atoms with Gasteiger partial charge in [0.2, 0.25) is 5.91 Å². The molecule has 4 nitrogen and oxygen atoms in total. The number of para-hydroxylation sites is 1. The molecule has 0 aliphatic heterocycles. The first-order valence-electron chi connectivity index (χ1n) is 9.48. The average molecular weight is 436 g/mol. The number of thioether (sulfide) groups is 1. The van der Waals surface area contributed by atoms with Crippen LogP contribution in [0, 0.1) is 11.6 Å². The van der Waals surface area contributed by atoms with E-state index >= 15 is 0 Å². The van der Waals surface area contributed by atoms with E-state index in [0.29, 0.717) is 28.4 Å². The Balaban J connectivity index is 1.79. The summed E-state index contributed by atoms with van der Waals surface area (Å²) in [5.74, 6) is -0.603. The number of likely N-dealkylation sites (N-methyl/N-ethyl adjacent to an activating group) is 1. The maximum absolute atomic E-state index is 14.1. The summed E-state index contributed by atoms with van der Waals surface area (Å²) in [6.07, 6.45) is 0. The van der Waals surface area contributed by atoms with Crippen LogP contribution in [0.15, 0.2) is 47.4 Å². The molecule has 1 amide bonds. The molecule has 0 atom stereocenters. The second-order valence-corrected chi connectivity index (χ2v) is 8.46. The van der Waals surface area contributed by atoms with Crippen molar-refractivity contribution in [2.75, 3.05) is 36.8 Å². The third-order valence-electron chi connectivity index (χ3n) is 4.60. The van der Waals surface area contributed by atoms with Gasteiger partial charge in [0.1, 0.15) is 17.2 Å². The Morgan fingerprint density at radius 1 is 1.07 bits per heavy atom. The number of hydrogen-bond acceptors (Lipinski definition) is 5. The lowest BCUT2D eigenvalue weighted by molar-refractivity contribution is -0.116. The molecule has 0 N–H and O–H groups in total. The Labute approximate surface area is 177 Å². The fourth-order valence-electron chi connectivity index (χ4n) is 2.88. The third kappa shape index (κ3) is 5.52. The normalized spacial score (nSPS) is 11.3. The van der Waals surface area contributed by atoms with Gasteiger partial charge in [0.15, 0.2) is 5.13 Å². The lowest BCUT2D eigenvalue weighted by Gasteiger charge is -2.24. The third-order valence-corrected chi connectivity index (χ3v) is 6.64. The van der Waals surface area contributed by atoms with E-state index < -0.39 is 0 Å². The van der Waals surface area contributed by atoms with Crippen molar-refractivity contribution in [1.82, 2.24) is 9.88 Å². The van der Waals surface area contributed by atoms with Crippen molar-refractivity contribution in [3.8, 4) is 0 Å². The van der Waals surface area contributed by atoms with E-state index in [9.17, 15) is 13.6 Å². The summed E-state index contributed by atoms with van der Waals surface area (Å²) in [5.41, 5.74) is 0.291. The molecule has 0 bridgehead atoms. The van der Waals surface area contributed by atoms with Crippen LogP contribution in [0.3, 0.4) is 0 Å². The number of anilines is 1. The number of carbonyl (C=O) groups excluding carboxylic acids is 1. The first kappa shape index (κ1) is 21.7. The highest BCUT2D eigenvalue weighted by atomic mass is 32.2. The molecule has 1 heterocycles. The molecule has 0 saturated heterocycles. The summed E-state index contributed by atoms with van der Waals surface area (Å²) in [7, 11) is 0. The van der Waals surface area contributed by atoms with Gasteiger partial charge in [-0.05, 0) is 49.5 Å². The Morgan fingerprint density at radius 2 is 1.79 bits per heavy atom. The second-order valence-electron chi connectivity index (χ2n) is 6.40. The van der Waals surface area contributed by atoms with Crippen LogP contribution in [-0.4, -0.2) is 47.7 Å². The molecule has 29 heavy (non-hydrogen) atoms. The minimum Gasteiger partial charge on any atom is -0.302 e. The number of amides is 1. The SMILES string of the molecule is CCN(CC)CCN(C(=O)CSc1ccc(F)cc1)c1nc2c(F)cccc2s1. The van der Waals surface area contributed by atoms with E-state index in [0.717, 1.165) is 18.0 Å². The van der Waals surface area contributed by atoms with Crippen molar-refractivity contribution < 1.29 is 13.6 Å². The van der Waals surface area contributed by atoms with Crippen molar-refractivity contribution in [3.05, 3.63) is 54.1 Å². The van der Waals surface area contributed by atoms with E-state index in [4.69, 9.17) is 0 Å². The van der Waals surface area contributed by atoms with Crippen LogP contribution in [-0.2, 0) is 4.79 Å². The topological polar surface area (TPSA) is 36.4 Å². The number of halogens is 2. The predicted molar refractivity (Wildman–Crippen MR) is 117 cm³/mol. The zero-order valence-corrected chi connectivity index (χ0v) is 18.0. The minimum absolute atomic E-state index is 0.106. The Bertz CT molecular complexity index is 958. The quantitative estimate of drug-likeness (QED) is 0.441.